The summed E-state index contributed by atoms with van der Waals surface area (Å²) in [6.07, 6.45) is 3.57. The summed E-state index contributed by atoms with van der Waals surface area (Å²) in [5, 5.41) is 0. The van der Waals surface area contributed by atoms with Crippen molar-refractivity contribution in [2.45, 2.75) is 58.7 Å². The Morgan fingerprint density at radius 1 is 1.30 bits per heavy atom. The molecule has 2 heterocycles. The smallest absolute Gasteiger partial charge is 0.410 e. The molecule has 182 valence electrons. The molecule has 0 bridgehead atoms. The van der Waals surface area contributed by atoms with E-state index in [0.717, 1.165) is 11.0 Å². The Hall–Kier alpha value is -3.37. The minimum atomic E-state index is -0.732. The normalized spacial score (nSPS) is 15.8. The number of aryl methyl sites for hydroxylation is 1. The number of carbonyl (C=O) groups excluding carboxylic acids is 3. The Balaban J connectivity index is 2.21. The van der Waals surface area contributed by atoms with Crippen molar-refractivity contribution in [1.82, 2.24) is 19.4 Å². The van der Waals surface area contributed by atoms with E-state index in [1.54, 1.807) is 25.7 Å². The van der Waals surface area contributed by atoms with Crippen molar-refractivity contribution in [3.8, 4) is 0 Å². The fourth-order valence-corrected chi connectivity index (χ4v) is 3.43. The zero-order valence-corrected chi connectivity index (χ0v) is 19.6. The number of carbonyl (C=O) groups is 3. The molecule has 0 spiro atoms. The van der Waals surface area contributed by atoms with Gasteiger partial charge in [-0.25, -0.2) is 9.59 Å². The van der Waals surface area contributed by atoms with Crippen LogP contribution >= 0.6 is 0 Å². The van der Waals surface area contributed by atoms with E-state index in [1.165, 1.54) is 24.1 Å². The molecule has 1 fully saturated rings. The standard InChI is InChI=1S/C22H32N4O7/c1-6-10-32-18(28)14-24(17(27)13-25-11-15(2)19(29)23-20(25)30)12-16-8-7-9-26(16)21(31)33-22(3,4)5/h6,11,16H,1,7-10,12-14H2,2-5H3,(H,23,29,30)/t16-/m1/s1. The molecule has 1 saturated heterocycles. The van der Waals surface area contributed by atoms with Gasteiger partial charge in [-0.2, -0.15) is 0 Å². The molecule has 0 aliphatic carbocycles. The lowest BCUT2D eigenvalue weighted by Crippen LogP contribution is -2.49. The van der Waals surface area contributed by atoms with Crippen molar-refractivity contribution in [2.24, 2.45) is 0 Å². The fourth-order valence-electron chi connectivity index (χ4n) is 3.43. The van der Waals surface area contributed by atoms with Crippen molar-refractivity contribution < 1.29 is 23.9 Å². The van der Waals surface area contributed by atoms with Gasteiger partial charge in [-0.15, -0.1) is 0 Å². The third-order valence-electron chi connectivity index (χ3n) is 4.97. The van der Waals surface area contributed by atoms with Crippen molar-refractivity contribution >= 4 is 18.0 Å². The van der Waals surface area contributed by atoms with Crippen LogP contribution in [0.25, 0.3) is 0 Å². The number of hydrogen-bond acceptors (Lipinski definition) is 7. The maximum Gasteiger partial charge on any atom is 0.410 e. The topological polar surface area (TPSA) is 131 Å². The van der Waals surface area contributed by atoms with Crippen LogP contribution in [0.2, 0.25) is 0 Å². The molecule has 1 atom stereocenters. The van der Waals surface area contributed by atoms with Gasteiger partial charge in [-0.3, -0.25) is 23.9 Å². The summed E-state index contributed by atoms with van der Waals surface area (Å²) in [5.74, 6) is -1.18. The zero-order chi connectivity index (χ0) is 24.8. The highest BCUT2D eigenvalue weighted by Gasteiger charge is 2.34. The summed E-state index contributed by atoms with van der Waals surface area (Å²) in [6.45, 7) is 10.1. The number of nitrogens with one attached hydrogen (secondary N) is 1. The Labute approximate surface area is 192 Å². The van der Waals surface area contributed by atoms with Crippen LogP contribution in [-0.4, -0.2) is 75.2 Å². The highest BCUT2D eigenvalue weighted by atomic mass is 16.6. The molecule has 2 rings (SSSR count). The summed E-state index contributed by atoms with van der Waals surface area (Å²) in [6, 6.07) is -0.356. The molecule has 1 aromatic heterocycles. The molecule has 11 nitrogen and oxygen atoms in total. The Kier molecular flexibility index (Phi) is 8.61. The molecule has 0 aromatic carbocycles. The van der Waals surface area contributed by atoms with Gasteiger partial charge >= 0.3 is 17.8 Å². The first-order valence-corrected chi connectivity index (χ1v) is 10.8. The number of esters is 1. The van der Waals surface area contributed by atoms with Gasteiger partial charge in [-0.05, 0) is 40.5 Å². The second-order valence-corrected chi connectivity index (χ2v) is 8.92. The van der Waals surface area contributed by atoms with E-state index >= 15 is 0 Å². The number of hydrogen-bond donors (Lipinski definition) is 1. The molecule has 11 heteroatoms. The SMILES string of the molecule is C=CCOC(=O)CN(C[C@H]1CCCN1C(=O)OC(C)(C)C)C(=O)Cn1cc(C)c(=O)[nH]c1=O. The van der Waals surface area contributed by atoms with E-state index in [0.29, 0.717) is 13.0 Å². The summed E-state index contributed by atoms with van der Waals surface area (Å²) < 4.78 is 11.5. The molecule has 1 N–H and O–H groups in total. The lowest BCUT2D eigenvalue weighted by atomic mass is 10.2. The van der Waals surface area contributed by atoms with Crippen molar-refractivity contribution in [1.29, 1.82) is 0 Å². The van der Waals surface area contributed by atoms with Gasteiger partial charge < -0.3 is 19.3 Å². The van der Waals surface area contributed by atoms with E-state index in [4.69, 9.17) is 9.47 Å². The second kappa shape index (κ2) is 11.0. The van der Waals surface area contributed by atoms with Gasteiger partial charge in [-0.1, -0.05) is 12.7 Å². The summed E-state index contributed by atoms with van der Waals surface area (Å²) in [4.78, 5) is 66.6. The van der Waals surface area contributed by atoms with Crippen LogP contribution in [0.4, 0.5) is 4.79 Å². The molecule has 0 unspecified atom stereocenters. The molecule has 2 amide bonds. The van der Waals surface area contributed by atoms with Gasteiger partial charge in [0.2, 0.25) is 5.91 Å². The highest BCUT2D eigenvalue weighted by Crippen LogP contribution is 2.22. The third-order valence-corrected chi connectivity index (χ3v) is 4.97. The first-order chi connectivity index (χ1) is 15.4. The molecular formula is C22H32N4O7. The van der Waals surface area contributed by atoms with E-state index in [2.05, 4.69) is 11.6 Å². The van der Waals surface area contributed by atoms with Crippen LogP contribution in [0.3, 0.4) is 0 Å². The van der Waals surface area contributed by atoms with E-state index in [9.17, 15) is 24.0 Å². The summed E-state index contributed by atoms with van der Waals surface area (Å²) in [5.41, 5.74) is -1.67. The van der Waals surface area contributed by atoms with Crippen molar-refractivity contribution in [3.05, 3.63) is 45.3 Å². The number of likely N-dealkylation sites (tertiary alicyclic amines) is 1. The molecule has 0 saturated carbocycles. The average molecular weight is 465 g/mol. The Morgan fingerprint density at radius 3 is 2.64 bits per heavy atom. The number of H-pyrrole nitrogens is 1. The van der Waals surface area contributed by atoms with E-state index in [1.807, 2.05) is 0 Å². The number of aromatic nitrogens is 2. The van der Waals surface area contributed by atoms with E-state index < -0.39 is 34.8 Å². The van der Waals surface area contributed by atoms with Crippen LogP contribution < -0.4 is 11.2 Å². The number of amides is 2. The van der Waals surface area contributed by atoms with Crippen LogP contribution in [0.1, 0.15) is 39.2 Å². The number of ether oxygens (including phenoxy) is 2. The van der Waals surface area contributed by atoms with Gasteiger partial charge in [0, 0.05) is 24.8 Å². The lowest BCUT2D eigenvalue weighted by molar-refractivity contribution is -0.149. The third kappa shape index (κ3) is 7.62. The van der Waals surface area contributed by atoms with Gasteiger partial charge in [0.25, 0.3) is 5.56 Å². The summed E-state index contributed by atoms with van der Waals surface area (Å²) >= 11 is 0. The molecule has 0 radical (unpaired) electrons. The lowest BCUT2D eigenvalue weighted by Gasteiger charge is -2.32. The molecule has 1 aliphatic rings. The van der Waals surface area contributed by atoms with Crippen molar-refractivity contribution in [3.63, 3.8) is 0 Å². The first-order valence-electron chi connectivity index (χ1n) is 10.8. The largest absolute Gasteiger partial charge is 0.460 e. The predicted octanol–water partition coefficient (Wildman–Crippen LogP) is 0.802. The number of nitrogens with zero attached hydrogens (tertiary/aromatic N) is 3. The van der Waals surface area contributed by atoms with E-state index in [-0.39, 0.29) is 37.8 Å². The van der Waals surface area contributed by atoms with Crippen LogP contribution in [0.15, 0.2) is 28.4 Å². The van der Waals surface area contributed by atoms with Crippen LogP contribution in [0, 0.1) is 6.92 Å². The fraction of sp³-hybridized carbons (Fsp3) is 0.591. The van der Waals surface area contributed by atoms with Gasteiger partial charge in [0.1, 0.15) is 25.3 Å². The average Bonchev–Trinajstić information content (AvgIpc) is 3.17. The maximum absolute atomic E-state index is 13.1. The Morgan fingerprint density at radius 2 is 2.00 bits per heavy atom. The second-order valence-electron chi connectivity index (χ2n) is 8.92. The monoisotopic (exact) mass is 464 g/mol. The predicted molar refractivity (Wildman–Crippen MR) is 120 cm³/mol. The minimum absolute atomic E-state index is 0.00704. The van der Waals surface area contributed by atoms with Crippen molar-refractivity contribution in [2.75, 3.05) is 26.2 Å². The minimum Gasteiger partial charge on any atom is -0.460 e. The maximum atomic E-state index is 13.1. The zero-order valence-electron chi connectivity index (χ0n) is 19.6. The van der Waals surface area contributed by atoms with Gasteiger partial charge in [0.05, 0.1) is 6.04 Å². The highest BCUT2D eigenvalue weighted by molar-refractivity contribution is 5.82. The summed E-state index contributed by atoms with van der Waals surface area (Å²) in [7, 11) is 0. The first kappa shape index (κ1) is 25.9. The number of rotatable bonds is 8. The van der Waals surface area contributed by atoms with Crippen LogP contribution in [-0.2, 0) is 25.6 Å². The Bertz CT molecular complexity index is 1010. The molecule has 1 aliphatic heterocycles. The molecular weight excluding hydrogens is 432 g/mol. The molecule has 1 aromatic rings. The molecule has 33 heavy (non-hydrogen) atoms. The number of aromatic amines is 1. The van der Waals surface area contributed by atoms with Crippen LogP contribution in [0.5, 0.6) is 0 Å². The van der Waals surface area contributed by atoms with Gasteiger partial charge in [0.15, 0.2) is 0 Å². The quantitative estimate of drug-likeness (QED) is 0.445.